The summed E-state index contributed by atoms with van der Waals surface area (Å²) in [5, 5.41) is 6.25. The molecule has 0 bridgehead atoms. The molecule has 5 rings (SSSR count). The zero-order valence-electron chi connectivity index (χ0n) is 19.6. The number of hydrogen-bond acceptors (Lipinski definition) is 9. The number of pyridine rings is 1. The van der Waals surface area contributed by atoms with Crippen LogP contribution in [0, 0.1) is 11.6 Å². The fraction of sp³-hybridized carbons (Fsp3) is 0.292. The molecular formula is C24H23F2N7O2S. The molecule has 1 aromatic carbocycles. The molecule has 186 valence electrons. The van der Waals surface area contributed by atoms with Crippen LogP contribution in [0.25, 0.3) is 21.5 Å². The fourth-order valence-electron chi connectivity index (χ4n) is 4.17. The van der Waals surface area contributed by atoms with Gasteiger partial charge < -0.3 is 20.1 Å². The van der Waals surface area contributed by atoms with Gasteiger partial charge in [-0.25, -0.2) is 23.7 Å². The first kappa shape index (κ1) is 23.9. The van der Waals surface area contributed by atoms with Crippen LogP contribution in [-0.2, 0) is 0 Å². The van der Waals surface area contributed by atoms with E-state index in [4.69, 9.17) is 0 Å². The molecule has 0 aliphatic carbocycles. The SMILES string of the molecule is CC(C)n1c(=O)c(=O)sc2c(F)cc(-c3nc(Nc4ccc(N5CCNCC5)cn4)ncc3F)cc21. The first-order valence-corrected chi connectivity index (χ1v) is 12.2. The summed E-state index contributed by atoms with van der Waals surface area (Å²) >= 11 is 0.533. The molecule has 4 aromatic rings. The number of aromatic nitrogens is 4. The minimum absolute atomic E-state index is 0.0265. The van der Waals surface area contributed by atoms with Crippen molar-refractivity contribution in [1.82, 2.24) is 24.8 Å². The summed E-state index contributed by atoms with van der Waals surface area (Å²) in [5.41, 5.74) is 0.411. The van der Waals surface area contributed by atoms with Gasteiger partial charge in [0.2, 0.25) is 5.95 Å². The van der Waals surface area contributed by atoms with Crippen molar-refractivity contribution in [3.8, 4) is 11.3 Å². The number of rotatable bonds is 5. The summed E-state index contributed by atoms with van der Waals surface area (Å²) < 4.78 is 30.3. The number of nitrogens with one attached hydrogen (secondary N) is 2. The number of halogens is 2. The fourth-order valence-corrected chi connectivity index (χ4v) is 4.96. The molecule has 0 amide bonds. The highest BCUT2D eigenvalue weighted by Crippen LogP contribution is 2.30. The predicted octanol–water partition coefficient (Wildman–Crippen LogP) is 3.29. The van der Waals surface area contributed by atoms with Gasteiger partial charge in [-0.2, -0.15) is 0 Å². The topological polar surface area (TPSA) is 105 Å². The van der Waals surface area contributed by atoms with Crippen molar-refractivity contribution in [2.45, 2.75) is 19.9 Å². The summed E-state index contributed by atoms with van der Waals surface area (Å²) in [6.07, 6.45) is 2.73. The molecule has 1 saturated heterocycles. The van der Waals surface area contributed by atoms with Crippen LogP contribution in [0.15, 0.2) is 46.2 Å². The minimum Gasteiger partial charge on any atom is -0.368 e. The third-order valence-corrected chi connectivity index (χ3v) is 6.84. The molecule has 9 nitrogen and oxygen atoms in total. The average molecular weight is 512 g/mol. The Morgan fingerprint density at radius 1 is 1.06 bits per heavy atom. The Morgan fingerprint density at radius 2 is 1.83 bits per heavy atom. The molecule has 0 radical (unpaired) electrons. The molecular weight excluding hydrogens is 488 g/mol. The molecule has 0 unspecified atom stereocenters. The van der Waals surface area contributed by atoms with E-state index in [1.54, 1.807) is 26.1 Å². The van der Waals surface area contributed by atoms with E-state index >= 15 is 4.39 Å². The molecule has 36 heavy (non-hydrogen) atoms. The quantitative estimate of drug-likeness (QED) is 0.394. The maximum atomic E-state index is 15.0. The van der Waals surface area contributed by atoms with Gasteiger partial charge in [0.25, 0.3) is 4.74 Å². The summed E-state index contributed by atoms with van der Waals surface area (Å²) in [6.45, 7) is 7.03. The van der Waals surface area contributed by atoms with Gasteiger partial charge in [-0.3, -0.25) is 9.59 Å². The maximum absolute atomic E-state index is 15.0. The Kier molecular flexibility index (Phi) is 6.46. The van der Waals surface area contributed by atoms with Crippen molar-refractivity contribution in [3.63, 3.8) is 0 Å². The number of fused-ring (bicyclic) bond motifs is 1. The van der Waals surface area contributed by atoms with Crippen molar-refractivity contribution in [1.29, 1.82) is 0 Å². The lowest BCUT2D eigenvalue weighted by atomic mass is 10.1. The number of anilines is 3. The van der Waals surface area contributed by atoms with Crippen molar-refractivity contribution in [2.24, 2.45) is 0 Å². The van der Waals surface area contributed by atoms with Gasteiger partial charge in [0.15, 0.2) is 5.82 Å². The Balaban J connectivity index is 1.50. The molecule has 4 heterocycles. The van der Waals surface area contributed by atoms with E-state index in [1.165, 1.54) is 10.6 Å². The standard InChI is InChI=1S/C24H23F2N7O2S/c1-13(2)33-18-10-14(9-16(25)21(18)36-23(35)22(33)34)20-17(26)12-29-24(31-20)30-19-4-3-15(11-28-19)32-7-5-27-6-8-32/h3-4,9-13,27H,5-8H2,1-2H3,(H,28,29,30,31). The van der Waals surface area contributed by atoms with E-state index in [2.05, 4.69) is 30.5 Å². The second-order valence-corrected chi connectivity index (χ2v) is 9.60. The molecule has 1 fully saturated rings. The van der Waals surface area contributed by atoms with Crippen LogP contribution in [0.5, 0.6) is 0 Å². The lowest BCUT2D eigenvalue weighted by Crippen LogP contribution is -2.43. The number of hydrogen-bond donors (Lipinski definition) is 2. The Hall–Kier alpha value is -3.77. The lowest BCUT2D eigenvalue weighted by Gasteiger charge is -2.29. The van der Waals surface area contributed by atoms with Crippen molar-refractivity contribution < 1.29 is 8.78 Å². The number of benzene rings is 1. The van der Waals surface area contributed by atoms with Crippen LogP contribution in [0.2, 0.25) is 0 Å². The molecule has 3 aromatic heterocycles. The first-order chi connectivity index (χ1) is 17.3. The molecule has 1 aliphatic heterocycles. The van der Waals surface area contributed by atoms with Crippen LogP contribution in [0.3, 0.4) is 0 Å². The van der Waals surface area contributed by atoms with Gasteiger partial charge in [0, 0.05) is 37.8 Å². The molecule has 0 spiro atoms. The highest BCUT2D eigenvalue weighted by atomic mass is 32.1. The number of piperazine rings is 1. The monoisotopic (exact) mass is 511 g/mol. The molecule has 12 heteroatoms. The van der Waals surface area contributed by atoms with Gasteiger partial charge in [-0.1, -0.05) is 11.3 Å². The molecule has 1 aliphatic rings. The first-order valence-electron chi connectivity index (χ1n) is 11.4. The smallest absolute Gasteiger partial charge is 0.309 e. The van der Waals surface area contributed by atoms with E-state index in [0.717, 1.165) is 44.1 Å². The zero-order valence-corrected chi connectivity index (χ0v) is 20.4. The van der Waals surface area contributed by atoms with E-state index < -0.39 is 28.0 Å². The zero-order chi connectivity index (χ0) is 25.4. The van der Waals surface area contributed by atoms with E-state index in [9.17, 15) is 14.0 Å². The van der Waals surface area contributed by atoms with Crippen molar-refractivity contribution >= 4 is 39.0 Å². The summed E-state index contributed by atoms with van der Waals surface area (Å²) in [5.74, 6) is -0.955. The van der Waals surface area contributed by atoms with Gasteiger partial charge in [0.05, 0.1) is 28.3 Å². The van der Waals surface area contributed by atoms with Crippen LogP contribution in [-0.4, -0.2) is 45.7 Å². The van der Waals surface area contributed by atoms with E-state index in [1.807, 2.05) is 6.07 Å². The lowest BCUT2D eigenvalue weighted by molar-refractivity contribution is 0.589. The second kappa shape index (κ2) is 9.70. The normalized spacial score (nSPS) is 14.0. The third-order valence-electron chi connectivity index (χ3n) is 5.88. The van der Waals surface area contributed by atoms with Gasteiger partial charge in [-0.05, 0) is 38.1 Å². The highest BCUT2D eigenvalue weighted by molar-refractivity contribution is 7.16. The Labute approximate surface area is 208 Å². The predicted molar refractivity (Wildman–Crippen MR) is 136 cm³/mol. The van der Waals surface area contributed by atoms with Crippen molar-refractivity contribution in [2.75, 3.05) is 36.4 Å². The van der Waals surface area contributed by atoms with Gasteiger partial charge in [0.1, 0.15) is 17.3 Å². The van der Waals surface area contributed by atoms with Crippen molar-refractivity contribution in [3.05, 3.63) is 68.2 Å². The highest BCUT2D eigenvalue weighted by Gasteiger charge is 2.19. The Morgan fingerprint density at radius 3 is 2.53 bits per heavy atom. The maximum Gasteiger partial charge on any atom is 0.309 e. The van der Waals surface area contributed by atoms with Crippen LogP contribution < -0.4 is 25.8 Å². The molecule has 2 N–H and O–H groups in total. The van der Waals surface area contributed by atoms with Gasteiger partial charge in [-0.15, -0.1) is 0 Å². The summed E-state index contributed by atoms with van der Waals surface area (Å²) in [6, 6.07) is 5.87. The third kappa shape index (κ3) is 4.56. The summed E-state index contributed by atoms with van der Waals surface area (Å²) in [7, 11) is 0. The van der Waals surface area contributed by atoms with E-state index in [-0.39, 0.29) is 27.4 Å². The van der Waals surface area contributed by atoms with E-state index in [0.29, 0.717) is 17.2 Å². The average Bonchev–Trinajstić information content (AvgIpc) is 2.87. The summed E-state index contributed by atoms with van der Waals surface area (Å²) in [4.78, 5) is 39.4. The largest absolute Gasteiger partial charge is 0.368 e. The van der Waals surface area contributed by atoms with Crippen LogP contribution >= 0.6 is 11.3 Å². The minimum atomic E-state index is -0.766. The van der Waals surface area contributed by atoms with Crippen LogP contribution in [0.4, 0.5) is 26.2 Å². The van der Waals surface area contributed by atoms with Gasteiger partial charge >= 0.3 is 5.56 Å². The molecule has 0 saturated carbocycles. The second-order valence-electron chi connectivity index (χ2n) is 8.62. The Bertz CT molecular complexity index is 1550. The molecule has 0 atom stereocenters. The van der Waals surface area contributed by atoms with Crippen LogP contribution in [0.1, 0.15) is 19.9 Å². The number of nitrogens with zero attached hydrogens (tertiary/aromatic N) is 5.